The zero-order valence-corrected chi connectivity index (χ0v) is 15.3. The Labute approximate surface area is 160 Å². The minimum Gasteiger partial charge on any atom is -0.348 e. The lowest BCUT2D eigenvalue weighted by Crippen LogP contribution is -2.21. The number of nitrogens with zero attached hydrogens (tertiary/aromatic N) is 5. The molecule has 0 bridgehead atoms. The van der Waals surface area contributed by atoms with Gasteiger partial charge in [-0.15, -0.1) is 0 Å². The predicted molar refractivity (Wildman–Crippen MR) is 107 cm³/mol. The molecule has 0 aliphatic rings. The van der Waals surface area contributed by atoms with Gasteiger partial charge in [0.05, 0.1) is 22.9 Å². The van der Waals surface area contributed by atoms with Crippen LogP contribution >= 0.6 is 0 Å². The summed E-state index contributed by atoms with van der Waals surface area (Å²) >= 11 is 0. The van der Waals surface area contributed by atoms with Gasteiger partial charge in [0.15, 0.2) is 5.65 Å². The van der Waals surface area contributed by atoms with Crippen molar-refractivity contribution in [2.75, 3.05) is 0 Å². The molecule has 0 saturated heterocycles. The van der Waals surface area contributed by atoms with Gasteiger partial charge in [0.1, 0.15) is 0 Å². The van der Waals surface area contributed by atoms with Gasteiger partial charge in [-0.3, -0.25) is 4.79 Å². The molecule has 7 nitrogen and oxygen atoms in total. The van der Waals surface area contributed by atoms with Crippen molar-refractivity contribution in [3.8, 4) is 11.1 Å². The van der Waals surface area contributed by atoms with E-state index in [0.29, 0.717) is 18.4 Å². The van der Waals surface area contributed by atoms with Crippen LogP contribution in [0.25, 0.3) is 27.7 Å². The van der Waals surface area contributed by atoms with Gasteiger partial charge in [-0.05, 0) is 18.6 Å². The summed E-state index contributed by atoms with van der Waals surface area (Å²) in [6.07, 6.45) is 7.60. The number of aromatic amines is 1. The van der Waals surface area contributed by atoms with E-state index in [1.54, 1.807) is 27.8 Å². The number of nitrogens with one attached hydrogen (secondary N) is 1. The standard InChI is InChI=1S/C21H18N6O/c1-14-19(15-5-3-2-4-6-15)20-23-12-17-18(27(20)25-14)8-10-26(21(17)28)9-7-16-11-22-13-24-16/h2-6,8,10-13H,7,9H2,1H3,(H,22,24). The summed E-state index contributed by atoms with van der Waals surface area (Å²) in [5.41, 5.74) is 5.38. The second-order valence-corrected chi connectivity index (χ2v) is 6.76. The summed E-state index contributed by atoms with van der Waals surface area (Å²) in [5, 5.41) is 5.22. The number of benzene rings is 1. The Bertz CT molecular complexity index is 1330. The second-order valence-electron chi connectivity index (χ2n) is 6.76. The van der Waals surface area contributed by atoms with E-state index >= 15 is 0 Å². The fourth-order valence-electron chi connectivity index (χ4n) is 3.60. The monoisotopic (exact) mass is 370 g/mol. The second kappa shape index (κ2) is 6.45. The van der Waals surface area contributed by atoms with E-state index < -0.39 is 0 Å². The van der Waals surface area contributed by atoms with Crippen molar-refractivity contribution < 1.29 is 0 Å². The van der Waals surface area contributed by atoms with Crippen molar-refractivity contribution in [3.05, 3.63) is 83.1 Å². The number of hydrogen-bond donors (Lipinski definition) is 1. The first kappa shape index (κ1) is 16.4. The minimum absolute atomic E-state index is 0.0687. The van der Waals surface area contributed by atoms with Crippen LogP contribution in [-0.4, -0.2) is 29.1 Å². The molecule has 1 aromatic carbocycles. The number of rotatable bonds is 4. The first-order valence-electron chi connectivity index (χ1n) is 9.12. The molecule has 0 atom stereocenters. The molecule has 138 valence electrons. The summed E-state index contributed by atoms with van der Waals surface area (Å²) in [6, 6.07) is 12.0. The lowest BCUT2D eigenvalue weighted by Gasteiger charge is -2.07. The Hall–Kier alpha value is -3.74. The maximum Gasteiger partial charge on any atom is 0.261 e. The van der Waals surface area contributed by atoms with Gasteiger partial charge in [-0.25, -0.2) is 14.5 Å². The number of pyridine rings is 1. The fourth-order valence-corrected chi connectivity index (χ4v) is 3.60. The molecule has 1 N–H and O–H groups in total. The van der Waals surface area contributed by atoms with Gasteiger partial charge >= 0.3 is 0 Å². The third-order valence-corrected chi connectivity index (χ3v) is 5.00. The van der Waals surface area contributed by atoms with Crippen LogP contribution in [-0.2, 0) is 13.0 Å². The largest absolute Gasteiger partial charge is 0.348 e. The molecule has 0 aliphatic heterocycles. The molecule has 5 rings (SSSR count). The Morgan fingerprint density at radius 2 is 1.96 bits per heavy atom. The Kier molecular flexibility index (Phi) is 3.79. The fraction of sp³-hybridized carbons (Fsp3) is 0.143. The molecule has 0 radical (unpaired) electrons. The van der Waals surface area contributed by atoms with Gasteiger partial charge in [0.2, 0.25) is 0 Å². The minimum atomic E-state index is -0.0687. The molecule has 7 heteroatoms. The molecule has 5 aromatic rings. The normalized spacial score (nSPS) is 11.5. The maximum atomic E-state index is 12.9. The van der Waals surface area contributed by atoms with Crippen LogP contribution in [0.5, 0.6) is 0 Å². The van der Waals surface area contributed by atoms with E-state index in [2.05, 4.69) is 20.1 Å². The lowest BCUT2D eigenvalue weighted by molar-refractivity contribution is 0.666. The highest BCUT2D eigenvalue weighted by Crippen LogP contribution is 2.28. The third-order valence-electron chi connectivity index (χ3n) is 5.00. The summed E-state index contributed by atoms with van der Waals surface area (Å²) in [7, 11) is 0. The average molecular weight is 370 g/mol. The quantitative estimate of drug-likeness (QED) is 0.527. The van der Waals surface area contributed by atoms with Crippen LogP contribution in [0, 0.1) is 6.92 Å². The smallest absolute Gasteiger partial charge is 0.261 e. The number of hydrogen-bond acceptors (Lipinski definition) is 4. The first-order chi connectivity index (χ1) is 13.7. The van der Waals surface area contributed by atoms with Crippen molar-refractivity contribution in [1.82, 2.24) is 29.1 Å². The van der Waals surface area contributed by atoms with Crippen molar-refractivity contribution in [2.45, 2.75) is 19.9 Å². The van der Waals surface area contributed by atoms with E-state index in [0.717, 1.165) is 33.7 Å². The molecule has 0 spiro atoms. The van der Waals surface area contributed by atoms with Crippen LogP contribution in [0.15, 0.2) is 66.1 Å². The molecule has 4 aromatic heterocycles. The third kappa shape index (κ3) is 2.60. The Morgan fingerprint density at radius 1 is 1.11 bits per heavy atom. The molecule has 28 heavy (non-hydrogen) atoms. The number of H-pyrrole nitrogens is 1. The molecule has 0 aliphatic carbocycles. The summed E-state index contributed by atoms with van der Waals surface area (Å²) in [5.74, 6) is 0. The van der Waals surface area contributed by atoms with Gasteiger partial charge in [-0.2, -0.15) is 5.10 Å². The van der Waals surface area contributed by atoms with E-state index in [1.165, 1.54) is 0 Å². The molecule has 0 fully saturated rings. The molecule has 4 heterocycles. The lowest BCUT2D eigenvalue weighted by atomic mass is 10.1. The molecule has 0 saturated carbocycles. The Morgan fingerprint density at radius 3 is 2.75 bits per heavy atom. The van der Waals surface area contributed by atoms with E-state index in [9.17, 15) is 4.79 Å². The molecule has 0 amide bonds. The van der Waals surface area contributed by atoms with Gasteiger partial charge < -0.3 is 9.55 Å². The average Bonchev–Trinajstić information content (AvgIpc) is 3.35. The van der Waals surface area contributed by atoms with E-state index in [-0.39, 0.29) is 5.56 Å². The highest BCUT2D eigenvalue weighted by atomic mass is 16.1. The predicted octanol–water partition coefficient (Wildman–Crippen LogP) is 2.99. The highest BCUT2D eigenvalue weighted by molar-refractivity contribution is 5.86. The Balaban J connectivity index is 1.63. The number of imidazole rings is 1. The van der Waals surface area contributed by atoms with Crippen LogP contribution in [0.3, 0.4) is 0 Å². The summed E-state index contributed by atoms with van der Waals surface area (Å²) < 4.78 is 3.47. The molecular formula is C21H18N6O. The zero-order chi connectivity index (χ0) is 19.1. The topological polar surface area (TPSA) is 80.9 Å². The first-order valence-corrected chi connectivity index (χ1v) is 9.12. The van der Waals surface area contributed by atoms with Crippen molar-refractivity contribution in [2.24, 2.45) is 0 Å². The maximum absolute atomic E-state index is 12.9. The van der Waals surface area contributed by atoms with Crippen LogP contribution in [0.2, 0.25) is 0 Å². The van der Waals surface area contributed by atoms with Gasteiger partial charge in [-0.1, -0.05) is 30.3 Å². The van der Waals surface area contributed by atoms with Gasteiger partial charge in [0.25, 0.3) is 5.56 Å². The van der Waals surface area contributed by atoms with E-state index in [1.807, 2.05) is 49.5 Å². The van der Waals surface area contributed by atoms with Crippen molar-refractivity contribution in [1.29, 1.82) is 0 Å². The SMILES string of the molecule is Cc1nn2c(ncc3c(=O)n(CCc4cnc[nH]4)ccc32)c1-c1ccccc1. The van der Waals surface area contributed by atoms with Crippen molar-refractivity contribution >= 4 is 16.6 Å². The zero-order valence-electron chi connectivity index (χ0n) is 15.3. The highest BCUT2D eigenvalue weighted by Gasteiger charge is 2.16. The summed E-state index contributed by atoms with van der Waals surface area (Å²) in [4.78, 5) is 24.6. The van der Waals surface area contributed by atoms with Crippen LogP contribution < -0.4 is 5.56 Å². The summed E-state index contributed by atoms with van der Waals surface area (Å²) in [6.45, 7) is 2.54. The van der Waals surface area contributed by atoms with E-state index in [4.69, 9.17) is 0 Å². The molecule has 0 unspecified atom stereocenters. The number of fused-ring (bicyclic) bond motifs is 3. The van der Waals surface area contributed by atoms with Crippen LogP contribution in [0.1, 0.15) is 11.4 Å². The number of aromatic nitrogens is 6. The van der Waals surface area contributed by atoms with Gasteiger partial charge in [0, 0.05) is 42.8 Å². The number of aryl methyl sites for hydroxylation is 3. The molecular weight excluding hydrogens is 352 g/mol. The van der Waals surface area contributed by atoms with Crippen molar-refractivity contribution in [3.63, 3.8) is 0 Å². The van der Waals surface area contributed by atoms with Crippen LogP contribution in [0.4, 0.5) is 0 Å².